The molecule has 298 valence electrons. The molecule has 0 radical (unpaired) electrons. The Bertz CT molecular complexity index is 2210. The van der Waals surface area contributed by atoms with Gasteiger partial charge in [-0.15, -0.1) is 11.3 Å². The van der Waals surface area contributed by atoms with Crippen LogP contribution >= 0.6 is 11.3 Å². The van der Waals surface area contributed by atoms with E-state index in [1.165, 1.54) is 23.5 Å². The average Bonchev–Trinajstić information content (AvgIpc) is 3.74. The van der Waals surface area contributed by atoms with Crippen molar-refractivity contribution in [2.75, 3.05) is 5.32 Å². The first kappa shape index (κ1) is 40.9. The number of carboxylic acid groups (broad SMARTS) is 1. The summed E-state index contributed by atoms with van der Waals surface area (Å²) in [5.74, 6) is -4.49. The molecule has 14 heteroatoms. The monoisotopic (exact) mass is 801 g/mol. The second-order valence-corrected chi connectivity index (χ2v) is 15.0. The maximum absolute atomic E-state index is 14.4. The lowest BCUT2D eigenvalue weighted by Crippen LogP contribution is -2.59. The molecular formula is C44H43N5O8S. The molecule has 13 nitrogen and oxygen atoms in total. The summed E-state index contributed by atoms with van der Waals surface area (Å²) < 4.78 is 0. The predicted octanol–water partition coefficient (Wildman–Crippen LogP) is 4.15. The first-order chi connectivity index (χ1) is 28.0. The normalized spacial score (nSPS) is 19.8. The highest BCUT2D eigenvalue weighted by Crippen LogP contribution is 2.21. The third-order valence-corrected chi connectivity index (χ3v) is 10.6. The van der Waals surface area contributed by atoms with Gasteiger partial charge in [-0.2, -0.15) is 0 Å². The molecule has 2 aliphatic heterocycles. The second-order valence-electron chi connectivity index (χ2n) is 14.0. The van der Waals surface area contributed by atoms with E-state index in [0.29, 0.717) is 22.4 Å². The molecule has 4 aromatic carbocycles. The predicted molar refractivity (Wildman–Crippen MR) is 219 cm³/mol. The fourth-order valence-electron chi connectivity index (χ4n) is 6.52. The molecule has 0 saturated carbocycles. The first-order valence-electron chi connectivity index (χ1n) is 18.8. The van der Waals surface area contributed by atoms with Gasteiger partial charge in [0.2, 0.25) is 29.5 Å². The van der Waals surface area contributed by atoms with Crippen molar-refractivity contribution < 1.29 is 39.0 Å². The summed E-state index contributed by atoms with van der Waals surface area (Å²) in [7, 11) is 0. The Balaban J connectivity index is 1.35. The number of aromatic hydroxyl groups is 1. The molecule has 7 rings (SSSR count). The molecule has 2 bridgehead atoms. The zero-order valence-corrected chi connectivity index (χ0v) is 32.2. The van der Waals surface area contributed by atoms with E-state index in [0.717, 1.165) is 16.0 Å². The van der Waals surface area contributed by atoms with E-state index in [-0.39, 0.29) is 44.3 Å². The smallest absolute Gasteiger partial charge is 0.326 e. The maximum Gasteiger partial charge on any atom is 0.326 e. The average molecular weight is 802 g/mol. The van der Waals surface area contributed by atoms with Crippen LogP contribution in [0.1, 0.15) is 34.4 Å². The molecular weight excluding hydrogens is 759 g/mol. The van der Waals surface area contributed by atoms with Gasteiger partial charge in [0.05, 0.1) is 0 Å². The fourth-order valence-corrected chi connectivity index (χ4v) is 7.27. The molecule has 0 saturated heterocycles. The number of amides is 5. The number of phenols is 1. The number of aliphatic carboxylic acids is 1. The van der Waals surface area contributed by atoms with Crippen LogP contribution < -0.4 is 26.6 Å². The van der Waals surface area contributed by atoms with Gasteiger partial charge in [-0.1, -0.05) is 84.9 Å². The molecule has 58 heavy (non-hydrogen) atoms. The molecule has 3 heterocycles. The lowest BCUT2D eigenvalue weighted by molar-refractivity contribution is -0.142. The first-order valence-corrected chi connectivity index (χ1v) is 19.6. The van der Waals surface area contributed by atoms with Crippen molar-refractivity contribution in [2.24, 2.45) is 0 Å². The molecule has 2 aliphatic rings. The number of hydrogen-bond donors (Lipinski definition) is 7. The third-order valence-electron chi connectivity index (χ3n) is 9.65. The van der Waals surface area contributed by atoms with Gasteiger partial charge in [-0.3, -0.25) is 24.0 Å². The van der Waals surface area contributed by atoms with E-state index < -0.39 is 59.7 Å². The highest BCUT2D eigenvalue weighted by Gasteiger charge is 2.32. The third kappa shape index (κ3) is 11.6. The van der Waals surface area contributed by atoms with Crippen LogP contribution in [0.4, 0.5) is 5.69 Å². The number of phenolic OH excluding ortho intramolecular Hbond substituents is 1. The number of hydrogen-bond acceptors (Lipinski definition) is 8. The van der Waals surface area contributed by atoms with Crippen LogP contribution in [-0.2, 0) is 54.5 Å². The van der Waals surface area contributed by atoms with Gasteiger partial charge in [0.1, 0.15) is 29.9 Å². The van der Waals surface area contributed by atoms with Crippen molar-refractivity contribution in [1.82, 2.24) is 21.3 Å². The Hall–Kier alpha value is -6.80. The summed E-state index contributed by atoms with van der Waals surface area (Å²) in [5.41, 5.74) is 4.14. The highest BCUT2D eigenvalue weighted by molar-refractivity contribution is 7.09. The molecule has 4 atom stereocenters. The standard InChI is InChI=1S/C44H43N5O8S/c50-33-18-12-29(13-19-33)24-36-42(54)49-38(44(56)57)25-28-10-16-32(17-11-28)45-39(51)20-21-40(52)46-37(26-34-7-4-22-58-34)43(55)48-35(41(53)47-36)23-27-8-14-31(15-9-27)30-5-2-1-3-6-30/h1-19,22,35-38,50H,20-21,23-26H2,(H,45,51)(H,46,52)(H,47,53)(H,48,55)(H,49,54)(H,56,57)/t35-,36+,37+,38+/m0/s1. The van der Waals surface area contributed by atoms with Crippen LogP contribution in [0.2, 0.25) is 0 Å². The van der Waals surface area contributed by atoms with Crippen molar-refractivity contribution in [1.29, 1.82) is 0 Å². The lowest BCUT2D eigenvalue weighted by Gasteiger charge is -2.26. The van der Waals surface area contributed by atoms with Crippen LogP contribution in [0.5, 0.6) is 5.75 Å². The number of carbonyl (C=O) groups excluding carboxylic acids is 5. The Labute approximate surface area is 338 Å². The number of rotatable bonds is 8. The van der Waals surface area contributed by atoms with Gasteiger partial charge in [0.15, 0.2) is 0 Å². The van der Waals surface area contributed by atoms with E-state index in [4.69, 9.17) is 0 Å². The van der Waals surface area contributed by atoms with E-state index in [1.54, 1.807) is 36.4 Å². The van der Waals surface area contributed by atoms with Gasteiger partial charge < -0.3 is 36.8 Å². The van der Waals surface area contributed by atoms with E-state index in [2.05, 4.69) is 26.6 Å². The lowest BCUT2D eigenvalue weighted by atomic mass is 9.99. The molecule has 1 aromatic heterocycles. The molecule has 0 fully saturated rings. The molecule has 0 aliphatic carbocycles. The van der Waals surface area contributed by atoms with Crippen LogP contribution in [-0.4, -0.2) is 69.9 Å². The number of carboxylic acids is 1. The Morgan fingerprint density at radius 3 is 1.72 bits per heavy atom. The van der Waals surface area contributed by atoms with Crippen LogP contribution in [0.3, 0.4) is 0 Å². The second kappa shape index (κ2) is 19.4. The van der Waals surface area contributed by atoms with Gasteiger partial charge in [-0.05, 0) is 63.5 Å². The van der Waals surface area contributed by atoms with Crippen LogP contribution in [0.15, 0.2) is 121 Å². The summed E-state index contributed by atoms with van der Waals surface area (Å²) in [4.78, 5) is 81.8. The Morgan fingerprint density at radius 2 is 1.14 bits per heavy atom. The van der Waals surface area contributed by atoms with Crippen molar-refractivity contribution in [3.05, 3.63) is 142 Å². The summed E-state index contributed by atoms with van der Waals surface area (Å²) in [5, 5.41) is 35.5. The van der Waals surface area contributed by atoms with E-state index >= 15 is 0 Å². The quantitative estimate of drug-likeness (QED) is 0.113. The topological polar surface area (TPSA) is 203 Å². The number of nitrogens with one attached hydrogen (secondary N) is 5. The fraction of sp³-hybridized carbons (Fsp3) is 0.227. The zero-order chi connectivity index (χ0) is 41.0. The Kier molecular flexibility index (Phi) is 13.6. The van der Waals surface area contributed by atoms with Gasteiger partial charge in [0, 0.05) is 49.1 Å². The number of benzene rings is 4. The Morgan fingerprint density at radius 1 is 0.586 bits per heavy atom. The summed E-state index contributed by atoms with van der Waals surface area (Å²) in [6.07, 6.45) is -0.492. The molecule has 5 amide bonds. The molecule has 0 spiro atoms. The van der Waals surface area contributed by atoms with Crippen molar-refractivity contribution in [3.63, 3.8) is 0 Å². The number of carbonyl (C=O) groups is 6. The number of anilines is 1. The van der Waals surface area contributed by atoms with Gasteiger partial charge in [0.25, 0.3) is 0 Å². The molecule has 0 unspecified atom stereocenters. The zero-order valence-electron chi connectivity index (χ0n) is 31.4. The van der Waals surface area contributed by atoms with E-state index in [1.807, 2.05) is 72.1 Å². The van der Waals surface area contributed by atoms with Crippen molar-refractivity contribution in [2.45, 2.75) is 62.7 Å². The van der Waals surface area contributed by atoms with Crippen LogP contribution in [0, 0.1) is 0 Å². The maximum atomic E-state index is 14.4. The van der Waals surface area contributed by atoms with E-state index in [9.17, 15) is 39.0 Å². The van der Waals surface area contributed by atoms with Gasteiger partial charge in [-0.25, -0.2) is 4.79 Å². The molecule has 5 aromatic rings. The minimum absolute atomic E-state index is 0.00634. The molecule has 7 N–H and O–H groups in total. The summed E-state index contributed by atoms with van der Waals surface area (Å²) in [6.45, 7) is 0. The number of fused-ring (bicyclic) bond motifs is 18. The van der Waals surface area contributed by atoms with Crippen molar-refractivity contribution in [3.8, 4) is 16.9 Å². The van der Waals surface area contributed by atoms with Crippen LogP contribution in [0.25, 0.3) is 11.1 Å². The highest BCUT2D eigenvalue weighted by atomic mass is 32.1. The SMILES string of the molecule is O=C1CCC(=O)N[C@H](Cc2cccs2)C(=O)N[C@@H](Cc2ccc(-c3ccccc3)cc2)C(=O)N[C@H](Cc2ccc(O)cc2)C(=O)N[C@@H](C(=O)O)Cc2ccc(cc2)N1. The largest absolute Gasteiger partial charge is 0.508 e. The van der Waals surface area contributed by atoms with Gasteiger partial charge >= 0.3 is 5.97 Å². The summed E-state index contributed by atoms with van der Waals surface area (Å²) >= 11 is 1.39. The summed E-state index contributed by atoms with van der Waals surface area (Å²) in [6, 6.07) is 28.1. The number of thiophene rings is 1. The minimum Gasteiger partial charge on any atom is -0.508 e. The minimum atomic E-state index is -1.39. The van der Waals surface area contributed by atoms with Crippen molar-refractivity contribution >= 4 is 52.5 Å².